The maximum Gasteiger partial charge on any atom is 0.225 e. The molecule has 0 saturated carbocycles. The third kappa shape index (κ3) is 3.44. The van der Waals surface area contributed by atoms with Crippen molar-refractivity contribution in [2.24, 2.45) is 0 Å². The largest absolute Gasteiger partial charge is 0.356 e. The van der Waals surface area contributed by atoms with Gasteiger partial charge in [-0.25, -0.2) is 4.98 Å². The minimum Gasteiger partial charge on any atom is -0.356 e. The lowest BCUT2D eigenvalue weighted by Crippen LogP contribution is -2.29. The Morgan fingerprint density at radius 1 is 0.957 bits per heavy atom. The number of nitrogens with one attached hydrogen (secondary N) is 2. The molecule has 1 unspecified atom stereocenters. The number of nitrogens with zero attached hydrogens (tertiary/aromatic N) is 3. The van der Waals surface area contributed by atoms with E-state index in [-0.39, 0.29) is 0 Å². The van der Waals surface area contributed by atoms with E-state index in [1.807, 2.05) is 0 Å². The van der Waals surface area contributed by atoms with Gasteiger partial charge in [-0.3, -0.25) is 0 Å². The molecular formula is C18H29N5. The van der Waals surface area contributed by atoms with Gasteiger partial charge in [-0.15, -0.1) is 0 Å². The standard InChI is InChI=1S/C18H29N5/c1-2-6-12-23(11-5-1)17-15-7-3-4-8-16(15)21-18(22-17)20-14-9-10-19-13-14/h14,19H,1-13H2,(H,20,21,22). The van der Waals surface area contributed by atoms with E-state index in [0.717, 1.165) is 45.0 Å². The van der Waals surface area contributed by atoms with Crippen LogP contribution in [0, 0.1) is 0 Å². The van der Waals surface area contributed by atoms with Crippen LogP contribution in [0.4, 0.5) is 11.8 Å². The van der Waals surface area contributed by atoms with E-state index >= 15 is 0 Å². The smallest absolute Gasteiger partial charge is 0.225 e. The molecule has 1 aliphatic carbocycles. The Bertz CT molecular complexity index is 530. The lowest BCUT2D eigenvalue weighted by molar-refractivity contribution is 0.651. The van der Waals surface area contributed by atoms with Crippen LogP contribution in [0.3, 0.4) is 0 Å². The van der Waals surface area contributed by atoms with Crippen LogP contribution < -0.4 is 15.5 Å². The number of aryl methyl sites for hydroxylation is 1. The van der Waals surface area contributed by atoms with E-state index < -0.39 is 0 Å². The number of hydrogen-bond donors (Lipinski definition) is 2. The van der Waals surface area contributed by atoms with Crippen LogP contribution in [0.1, 0.15) is 56.2 Å². The maximum absolute atomic E-state index is 4.99. The first-order chi connectivity index (χ1) is 11.4. The zero-order valence-electron chi connectivity index (χ0n) is 14.1. The molecule has 1 aromatic rings. The monoisotopic (exact) mass is 315 g/mol. The van der Waals surface area contributed by atoms with Gasteiger partial charge in [0.1, 0.15) is 5.82 Å². The second-order valence-electron chi connectivity index (χ2n) is 7.24. The van der Waals surface area contributed by atoms with Gasteiger partial charge in [0.15, 0.2) is 0 Å². The summed E-state index contributed by atoms with van der Waals surface area (Å²) < 4.78 is 0. The summed E-state index contributed by atoms with van der Waals surface area (Å²) in [6.45, 7) is 4.45. The van der Waals surface area contributed by atoms with Crippen molar-refractivity contribution < 1.29 is 0 Å². The first kappa shape index (κ1) is 15.2. The molecule has 0 amide bonds. The Balaban J connectivity index is 1.63. The molecule has 2 fully saturated rings. The van der Waals surface area contributed by atoms with E-state index in [1.54, 1.807) is 0 Å². The van der Waals surface area contributed by atoms with Gasteiger partial charge in [-0.05, 0) is 51.5 Å². The minimum atomic E-state index is 0.480. The van der Waals surface area contributed by atoms with Crippen molar-refractivity contribution in [2.45, 2.75) is 63.8 Å². The predicted octanol–water partition coefficient (Wildman–Crippen LogP) is 2.51. The zero-order valence-corrected chi connectivity index (χ0v) is 14.1. The Labute approximate surface area is 139 Å². The Hall–Kier alpha value is -1.36. The fourth-order valence-electron chi connectivity index (χ4n) is 4.14. The highest BCUT2D eigenvalue weighted by molar-refractivity contribution is 5.54. The molecule has 5 nitrogen and oxygen atoms in total. The number of anilines is 2. The second kappa shape index (κ2) is 7.04. The van der Waals surface area contributed by atoms with E-state index in [2.05, 4.69) is 15.5 Å². The van der Waals surface area contributed by atoms with Gasteiger partial charge >= 0.3 is 0 Å². The summed E-state index contributed by atoms with van der Waals surface area (Å²) >= 11 is 0. The molecule has 126 valence electrons. The number of rotatable bonds is 3. The third-order valence-corrected chi connectivity index (χ3v) is 5.46. The van der Waals surface area contributed by atoms with Crippen molar-refractivity contribution in [3.05, 3.63) is 11.3 Å². The fraction of sp³-hybridized carbons (Fsp3) is 0.778. The van der Waals surface area contributed by atoms with Crippen LogP contribution >= 0.6 is 0 Å². The molecule has 0 aromatic carbocycles. The second-order valence-corrected chi connectivity index (χ2v) is 7.24. The van der Waals surface area contributed by atoms with Gasteiger partial charge in [-0.1, -0.05) is 12.8 Å². The molecule has 23 heavy (non-hydrogen) atoms. The maximum atomic E-state index is 4.99. The quantitative estimate of drug-likeness (QED) is 0.897. The summed E-state index contributed by atoms with van der Waals surface area (Å²) in [7, 11) is 0. The highest BCUT2D eigenvalue weighted by Crippen LogP contribution is 2.30. The van der Waals surface area contributed by atoms with E-state index in [0.29, 0.717) is 6.04 Å². The first-order valence-corrected chi connectivity index (χ1v) is 9.52. The van der Waals surface area contributed by atoms with E-state index in [9.17, 15) is 0 Å². The predicted molar refractivity (Wildman–Crippen MR) is 94.3 cm³/mol. The number of aromatic nitrogens is 2. The molecule has 5 heteroatoms. The van der Waals surface area contributed by atoms with Crippen molar-refractivity contribution in [2.75, 3.05) is 36.4 Å². The Morgan fingerprint density at radius 2 is 1.78 bits per heavy atom. The van der Waals surface area contributed by atoms with Gasteiger partial charge in [0, 0.05) is 31.2 Å². The molecule has 3 heterocycles. The normalized spacial score (nSPS) is 25.0. The Morgan fingerprint density at radius 3 is 2.57 bits per heavy atom. The average Bonchev–Trinajstić information content (AvgIpc) is 2.94. The summed E-state index contributed by atoms with van der Waals surface area (Å²) in [5, 5.41) is 6.99. The van der Waals surface area contributed by atoms with E-state index in [1.165, 1.54) is 62.0 Å². The average molecular weight is 315 g/mol. The van der Waals surface area contributed by atoms with Crippen LogP contribution in [-0.4, -0.2) is 42.2 Å². The third-order valence-electron chi connectivity index (χ3n) is 5.46. The molecule has 1 aromatic heterocycles. The topological polar surface area (TPSA) is 53.1 Å². The van der Waals surface area contributed by atoms with Crippen molar-refractivity contribution in [1.29, 1.82) is 0 Å². The van der Waals surface area contributed by atoms with Crippen LogP contribution in [0.15, 0.2) is 0 Å². The SMILES string of the molecule is C1CCCN(c2nc(NC3CCNC3)nc3c2CCCC3)CC1. The van der Waals surface area contributed by atoms with Crippen LogP contribution in [-0.2, 0) is 12.8 Å². The van der Waals surface area contributed by atoms with E-state index in [4.69, 9.17) is 9.97 Å². The summed E-state index contributed by atoms with van der Waals surface area (Å²) in [6, 6.07) is 0.480. The molecule has 2 aliphatic heterocycles. The summed E-state index contributed by atoms with van der Waals surface area (Å²) in [5.74, 6) is 2.10. The summed E-state index contributed by atoms with van der Waals surface area (Å²) in [6.07, 6.45) is 11.3. The molecule has 2 N–H and O–H groups in total. The molecule has 0 bridgehead atoms. The molecular weight excluding hydrogens is 286 g/mol. The van der Waals surface area contributed by atoms with Crippen LogP contribution in [0.2, 0.25) is 0 Å². The van der Waals surface area contributed by atoms with Crippen molar-refractivity contribution in [1.82, 2.24) is 15.3 Å². The van der Waals surface area contributed by atoms with Gasteiger partial charge in [0.2, 0.25) is 5.95 Å². The molecule has 0 spiro atoms. The molecule has 0 radical (unpaired) electrons. The van der Waals surface area contributed by atoms with Gasteiger partial charge < -0.3 is 15.5 Å². The lowest BCUT2D eigenvalue weighted by atomic mass is 9.96. The minimum absolute atomic E-state index is 0.480. The molecule has 2 saturated heterocycles. The summed E-state index contributed by atoms with van der Waals surface area (Å²) in [5.41, 5.74) is 2.74. The zero-order chi connectivity index (χ0) is 15.5. The van der Waals surface area contributed by atoms with Crippen LogP contribution in [0.25, 0.3) is 0 Å². The molecule has 3 aliphatic rings. The van der Waals surface area contributed by atoms with Gasteiger partial charge in [0.05, 0.1) is 5.69 Å². The number of fused-ring (bicyclic) bond motifs is 1. The van der Waals surface area contributed by atoms with Gasteiger partial charge in [0.25, 0.3) is 0 Å². The fourth-order valence-corrected chi connectivity index (χ4v) is 4.14. The lowest BCUT2D eigenvalue weighted by Gasteiger charge is -2.28. The van der Waals surface area contributed by atoms with Crippen molar-refractivity contribution >= 4 is 11.8 Å². The summed E-state index contributed by atoms with van der Waals surface area (Å²) in [4.78, 5) is 12.4. The van der Waals surface area contributed by atoms with Crippen molar-refractivity contribution in [3.8, 4) is 0 Å². The Kier molecular flexibility index (Phi) is 4.64. The van der Waals surface area contributed by atoms with Gasteiger partial charge in [-0.2, -0.15) is 4.98 Å². The highest BCUT2D eigenvalue weighted by Gasteiger charge is 2.23. The highest BCUT2D eigenvalue weighted by atomic mass is 15.2. The first-order valence-electron chi connectivity index (χ1n) is 9.52. The number of hydrogen-bond acceptors (Lipinski definition) is 5. The molecule has 1 atom stereocenters. The van der Waals surface area contributed by atoms with Crippen molar-refractivity contribution in [3.63, 3.8) is 0 Å². The van der Waals surface area contributed by atoms with Crippen LogP contribution in [0.5, 0.6) is 0 Å². The molecule has 4 rings (SSSR count).